The van der Waals surface area contributed by atoms with Crippen molar-refractivity contribution in [3.8, 4) is 23.0 Å². The number of esters is 2. The Morgan fingerprint density at radius 2 is 1.67 bits per heavy atom. The van der Waals surface area contributed by atoms with E-state index in [0.717, 1.165) is 27.8 Å². The number of benzene rings is 2. The number of carbonyl (C=O) groups excluding carboxylic acids is 2. The minimum Gasteiger partial charge on any atom is -0.463 e. The smallest absolute Gasteiger partial charge is 0.337 e. The molecule has 0 aliphatic carbocycles. The first-order valence-electron chi connectivity index (χ1n) is 14.2. The normalized spacial score (nSPS) is 14.4. The predicted molar refractivity (Wildman–Crippen MR) is 169 cm³/mol. The van der Waals surface area contributed by atoms with Crippen LogP contribution in [0.15, 0.2) is 113 Å². The summed E-state index contributed by atoms with van der Waals surface area (Å²) in [4.78, 5) is 31.3. The SMILES string of the molecule is CCOC(=O)C1=C(c2ccc(-c3ccsc3)cc2)NC(C)=C(C(=O)OCC#Cc2cccnc2)C1CCc1ccccc1. The monoisotopic (exact) mass is 588 g/mol. The molecule has 3 heterocycles. The van der Waals surface area contributed by atoms with Gasteiger partial charge in [-0.1, -0.05) is 66.4 Å². The molecule has 1 aliphatic rings. The molecule has 0 bridgehead atoms. The second kappa shape index (κ2) is 14.3. The van der Waals surface area contributed by atoms with Gasteiger partial charge in [-0.25, -0.2) is 9.59 Å². The van der Waals surface area contributed by atoms with E-state index in [1.165, 1.54) is 0 Å². The molecule has 1 atom stereocenters. The lowest BCUT2D eigenvalue weighted by Gasteiger charge is -2.31. The molecule has 1 N–H and O–H groups in total. The Morgan fingerprint density at radius 3 is 2.37 bits per heavy atom. The highest BCUT2D eigenvalue weighted by Crippen LogP contribution is 2.38. The molecule has 1 aliphatic heterocycles. The van der Waals surface area contributed by atoms with Crippen LogP contribution in [0.1, 0.15) is 37.0 Å². The van der Waals surface area contributed by atoms with Crippen LogP contribution in [0.5, 0.6) is 0 Å². The molecule has 216 valence electrons. The lowest BCUT2D eigenvalue weighted by atomic mass is 9.80. The third-order valence-electron chi connectivity index (χ3n) is 7.16. The number of rotatable bonds is 9. The Hall–Kier alpha value is -4.93. The fourth-order valence-electron chi connectivity index (χ4n) is 5.13. The van der Waals surface area contributed by atoms with Crippen LogP contribution >= 0.6 is 11.3 Å². The Bertz CT molecular complexity index is 1680. The summed E-state index contributed by atoms with van der Waals surface area (Å²) in [6.07, 6.45) is 4.49. The lowest BCUT2D eigenvalue weighted by Crippen LogP contribution is -2.34. The first-order chi connectivity index (χ1) is 21.0. The standard InChI is InChI=1S/C36H32N2O4S/c1-3-41-36(40)33-31(18-13-26-9-5-4-6-10-26)32(35(39)42-21-8-12-27-11-7-20-37-23-27)25(2)38-34(33)29-16-14-28(15-17-29)30-19-22-43-24-30/h4-7,9-11,14-17,19-20,22-24,31,38H,3,13,18,21H2,1-2H3. The molecule has 2 aromatic carbocycles. The van der Waals surface area contributed by atoms with Gasteiger partial charge in [0.15, 0.2) is 6.61 Å². The summed E-state index contributed by atoms with van der Waals surface area (Å²) in [5.41, 5.74) is 6.99. The van der Waals surface area contributed by atoms with Crippen molar-refractivity contribution >= 4 is 29.0 Å². The quantitative estimate of drug-likeness (QED) is 0.171. The molecule has 0 spiro atoms. The van der Waals surface area contributed by atoms with Gasteiger partial charge in [-0.2, -0.15) is 11.3 Å². The van der Waals surface area contributed by atoms with Crippen molar-refractivity contribution in [1.82, 2.24) is 10.3 Å². The van der Waals surface area contributed by atoms with Gasteiger partial charge < -0.3 is 14.8 Å². The van der Waals surface area contributed by atoms with E-state index >= 15 is 0 Å². The summed E-state index contributed by atoms with van der Waals surface area (Å²) < 4.78 is 11.2. The number of hydrogen-bond acceptors (Lipinski definition) is 7. The Morgan fingerprint density at radius 1 is 0.907 bits per heavy atom. The molecular weight excluding hydrogens is 556 g/mol. The van der Waals surface area contributed by atoms with Crippen LogP contribution in [0.4, 0.5) is 0 Å². The van der Waals surface area contributed by atoms with Crippen LogP contribution in [0.2, 0.25) is 0 Å². The van der Waals surface area contributed by atoms with Crippen molar-refractivity contribution in [3.05, 3.63) is 129 Å². The molecule has 0 saturated heterocycles. The van der Waals surface area contributed by atoms with E-state index < -0.39 is 17.9 Å². The van der Waals surface area contributed by atoms with E-state index in [9.17, 15) is 9.59 Å². The summed E-state index contributed by atoms with van der Waals surface area (Å²) in [6.45, 7) is 3.74. The second-order valence-corrected chi connectivity index (χ2v) is 10.7. The molecule has 0 radical (unpaired) electrons. The van der Waals surface area contributed by atoms with Crippen LogP contribution in [-0.2, 0) is 25.5 Å². The van der Waals surface area contributed by atoms with Crippen LogP contribution < -0.4 is 5.32 Å². The van der Waals surface area contributed by atoms with E-state index in [4.69, 9.17) is 9.47 Å². The Balaban J connectivity index is 1.49. The first-order valence-corrected chi connectivity index (χ1v) is 15.1. The highest BCUT2D eigenvalue weighted by atomic mass is 32.1. The summed E-state index contributed by atoms with van der Waals surface area (Å²) in [6, 6.07) is 23.8. The highest BCUT2D eigenvalue weighted by Gasteiger charge is 2.38. The van der Waals surface area contributed by atoms with Crippen molar-refractivity contribution in [2.45, 2.75) is 26.7 Å². The van der Waals surface area contributed by atoms with E-state index in [-0.39, 0.29) is 13.2 Å². The molecule has 0 amide bonds. The maximum atomic E-state index is 13.6. The molecular formula is C36H32N2O4S. The number of pyridine rings is 1. The van der Waals surface area contributed by atoms with Gasteiger partial charge in [0, 0.05) is 29.6 Å². The number of aryl methyl sites for hydroxylation is 1. The van der Waals surface area contributed by atoms with Gasteiger partial charge in [0.2, 0.25) is 0 Å². The van der Waals surface area contributed by atoms with E-state index in [1.807, 2.05) is 73.0 Å². The number of aromatic nitrogens is 1. The van der Waals surface area contributed by atoms with Gasteiger partial charge >= 0.3 is 11.9 Å². The zero-order valence-electron chi connectivity index (χ0n) is 24.1. The number of carbonyl (C=O) groups is 2. The minimum atomic E-state index is -0.550. The average molecular weight is 589 g/mol. The molecule has 4 aromatic rings. The van der Waals surface area contributed by atoms with Crippen molar-refractivity contribution in [2.24, 2.45) is 5.92 Å². The number of ether oxygens (including phenoxy) is 2. The molecule has 1 unspecified atom stereocenters. The average Bonchev–Trinajstić information content (AvgIpc) is 3.58. The fraction of sp³-hybridized carbons (Fsp3) is 0.194. The van der Waals surface area contributed by atoms with Gasteiger partial charge in [-0.3, -0.25) is 4.98 Å². The number of thiophene rings is 1. The fourth-order valence-corrected chi connectivity index (χ4v) is 5.80. The van der Waals surface area contributed by atoms with Crippen molar-refractivity contribution in [3.63, 3.8) is 0 Å². The summed E-state index contributed by atoms with van der Waals surface area (Å²) >= 11 is 1.65. The van der Waals surface area contributed by atoms with E-state index in [2.05, 4.69) is 33.6 Å². The van der Waals surface area contributed by atoms with Crippen LogP contribution in [0.25, 0.3) is 16.8 Å². The number of nitrogens with zero attached hydrogens (tertiary/aromatic N) is 1. The van der Waals surface area contributed by atoms with Crippen molar-refractivity contribution in [1.29, 1.82) is 0 Å². The predicted octanol–water partition coefficient (Wildman–Crippen LogP) is 6.81. The van der Waals surface area contributed by atoms with Crippen LogP contribution in [0, 0.1) is 17.8 Å². The lowest BCUT2D eigenvalue weighted by molar-refractivity contribution is -0.139. The summed E-state index contributed by atoms with van der Waals surface area (Å²) in [5.74, 6) is 4.31. The molecule has 2 aromatic heterocycles. The molecule has 0 fully saturated rings. The summed E-state index contributed by atoms with van der Waals surface area (Å²) in [7, 11) is 0. The second-order valence-electron chi connectivity index (χ2n) is 9.96. The minimum absolute atomic E-state index is 0.0920. The zero-order valence-corrected chi connectivity index (χ0v) is 24.9. The van der Waals surface area contributed by atoms with Gasteiger partial charge in [0.05, 0.1) is 23.5 Å². The maximum absolute atomic E-state index is 13.6. The Kier molecular flexibility index (Phi) is 9.83. The summed E-state index contributed by atoms with van der Waals surface area (Å²) in [5, 5.41) is 7.51. The first kappa shape index (κ1) is 29.6. The third kappa shape index (κ3) is 7.29. The topological polar surface area (TPSA) is 77.5 Å². The van der Waals surface area contributed by atoms with Crippen molar-refractivity contribution in [2.75, 3.05) is 13.2 Å². The highest BCUT2D eigenvalue weighted by molar-refractivity contribution is 7.08. The maximum Gasteiger partial charge on any atom is 0.337 e. The zero-order chi connectivity index (χ0) is 30.0. The van der Waals surface area contributed by atoms with Crippen LogP contribution in [-0.4, -0.2) is 30.1 Å². The van der Waals surface area contributed by atoms with Gasteiger partial charge in [-0.15, -0.1) is 0 Å². The molecule has 6 nitrogen and oxygen atoms in total. The largest absolute Gasteiger partial charge is 0.463 e. The van der Waals surface area contributed by atoms with Crippen LogP contribution in [0.3, 0.4) is 0 Å². The van der Waals surface area contributed by atoms with E-state index in [1.54, 1.807) is 36.7 Å². The molecule has 0 saturated carbocycles. The van der Waals surface area contributed by atoms with Gasteiger partial charge in [0.25, 0.3) is 0 Å². The molecule has 5 rings (SSSR count). The molecule has 7 heteroatoms. The third-order valence-corrected chi connectivity index (χ3v) is 7.84. The number of dihydropyridines is 1. The van der Waals surface area contributed by atoms with Gasteiger partial charge in [-0.05, 0) is 77.9 Å². The molecule has 43 heavy (non-hydrogen) atoms. The number of nitrogens with one attached hydrogen (secondary N) is 1. The Labute approximate surface area is 256 Å². The van der Waals surface area contributed by atoms with Gasteiger partial charge in [0.1, 0.15) is 0 Å². The number of hydrogen-bond donors (Lipinski definition) is 1. The van der Waals surface area contributed by atoms with E-state index in [0.29, 0.717) is 35.4 Å². The number of allylic oxidation sites excluding steroid dienone is 1. The van der Waals surface area contributed by atoms with Crippen molar-refractivity contribution < 1.29 is 19.1 Å².